The maximum absolute atomic E-state index is 11.1. The lowest BCUT2D eigenvalue weighted by atomic mass is 10.2. The summed E-state index contributed by atoms with van der Waals surface area (Å²) in [4.78, 5) is 20.5. The lowest BCUT2D eigenvalue weighted by Gasteiger charge is -2.12. The molecule has 1 aliphatic rings. The van der Waals surface area contributed by atoms with Gasteiger partial charge in [0.15, 0.2) is 0 Å². The third-order valence-electron chi connectivity index (χ3n) is 3.09. The lowest BCUT2D eigenvalue weighted by molar-refractivity contribution is -0.393. The van der Waals surface area contributed by atoms with Crippen molar-refractivity contribution in [2.45, 2.75) is 30.9 Å². The number of hydrogen-bond donors (Lipinski definition) is 1. The second-order valence-electron chi connectivity index (χ2n) is 4.46. The molecule has 1 aromatic carbocycles. The van der Waals surface area contributed by atoms with Gasteiger partial charge in [-0.05, 0) is 40.7 Å². The highest BCUT2D eigenvalue weighted by Crippen LogP contribution is 2.40. The fourth-order valence-corrected chi connectivity index (χ4v) is 3.81. The van der Waals surface area contributed by atoms with E-state index in [9.17, 15) is 20.2 Å². The third-order valence-corrected chi connectivity index (χ3v) is 4.84. The minimum absolute atomic E-state index is 0.275. The van der Waals surface area contributed by atoms with Crippen LogP contribution in [0.3, 0.4) is 0 Å². The molecular weight excluding hydrogens is 350 g/mol. The Morgan fingerprint density at radius 1 is 1.20 bits per heavy atom. The molecule has 9 heteroatoms. The van der Waals surface area contributed by atoms with Gasteiger partial charge in [0.25, 0.3) is 5.69 Å². The van der Waals surface area contributed by atoms with Gasteiger partial charge in [-0.1, -0.05) is 12.8 Å². The number of halogens is 1. The van der Waals surface area contributed by atoms with Crippen molar-refractivity contribution in [3.63, 3.8) is 0 Å². The van der Waals surface area contributed by atoms with E-state index in [4.69, 9.17) is 0 Å². The number of benzene rings is 1. The molecule has 0 saturated heterocycles. The van der Waals surface area contributed by atoms with Gasteiger partial charge in [0.05, 0.1) is 20.4 Å². The number of rotatable bonds is 5. The molecular formula is C11H12BrN3O4S. The number of nitro groups is 2. The first-order valence-corrected chi connectivity index (χ1v) is 7.70. The van der Waals surface area contributed by atoms with Crippen molar-refractivity contribution in [2.75, 3.05) is 4.72 Å². The van der Waals surface area contributed by atoms with Gasteiger partial charge in [-0.3, -0.25) is 20.2 Å². The molecule has 0 amide bonds. The van der Waals surface area contributed by atoms with Crippen molar-refractivity contribution in [1.82, 2.24) is 0 Å². The molecule has 7 nitrogen and oxygen atoms in total. The van der Waals surface area contributed by atoms with Crippen LogP contribution in [0.25, 0.3) is 0 Å². The fourth-order valence-electron chi connectivity index (χ4n) is 2.08. The summed E-state index contributed by atoms with van der Waals surface area (Å²) in [6, 6.07) is 2.24. The highest BCUT2D eigenvalue weighted by atomic mass is 79.9. The Kier molecular flexibility index (Phi) is 4.81. The molecule has 1 aromatic rings. The van der Waals surface area contributed by atoms with Crippen molar-refractivity contribution in [1.29, 1.82) is 0 Å². The van der Waals surface area contributed by atoms with E-state index < -0.39 is 9.85 Å². The van der Waals surface area contributed by atoms with Gasteiger partial charge in [-0.2, -0.15) is 0 Å². The number of anilines is 1. The van der Waals surface area contributed by atoms with Crippen LogP contribution in [0, 0.1) is 20.2 Å². The standard InChI is InChI=1S/C11H12BrN3O4S/c12-9-5-7(14(16)17)6-10(15(18)19)11(9)13-20-8-3-1-2-4-8/h5-6,8,13H,1-4H2. The molecule has 20 heavy (non-hydrogen) atoms. The van der Waals surface area contributed by atoms with Crippen LogP contribution >= 0.6 is 27.9 Å². The third kappa shape index (κ3) is 3.40. The summed E-state index contributed by atoms with van der Waals surface area (Å²) < 4.78 is 3.30. The number of nitrogens with zero attached hydrogens (tertiary/aromatic N) is 2. The molecule has 0 heterocycles. The van der Waals surface area contributed by atoms with Gasteiger partial charge in [-0.25, -0.2) is 0 Å². The summed E-state index contributed by atoms with van der Waals surface area (Å²) in [6.45, 7) is 0. The van der Waals surface area contributed by atoms with Crippen LogP contribution in [-0.2, 0) is 0 Å². The average Bonchev–Trinajstić information content (AvgIpc) is 2.89. The summed E-state index contributed by atoms with van der Waals surface area (Å²) in [7, 11) is 0. The van der Waals surface area contributed by atoms with Gasteiger partial charge < -0.3 is 4.72 Å². The van der Waals surface area contributed by atoms with Crippen LogP contribution in [0.1, 0.15) is 25.7 Å². The maximum atomic E-state index is 11.1. The lowest BCUT2D eigenvalue weighted by Crippen LogP contribution is -2.03. The van der Waals surface area contributed by atoms with Crippen molar-refractivity contribution in [3.8, 4) is 0 Å². The average molecular weight is 362 g/mol. The van der Waals surface area contributed by atoms with Crippen molar-refractivity contribution >= 4 is 44.9 Å². The second kappa shape index (κ2) is 6.40. The summed E-state index contributed by atoms with van der Waals surface area (Å²) in [5, 5.41) is 22.2. The Morgan fingerprint density at radius 3 is 2.40 bits per heavy atom. The number of hydrogen-bond acceptors (Lipinski definition) is 6. The van der Waals surface area contributed by atoms with Gasteiger partial charge in [0.1, 0.15) is 5.69 Å². The summed E-state index contributed by atoms with van der Waals surface area (Å²) in [6.07, 6.45) is 4.50. The Balaban J connectivity index is 2.25. The zero-order valence-electron chi connectivity index (χ0n) is 10.4. The van der Waals surface area contributed by atoms with Crippen LogP contribution < -0.4 is 4.72 Å². The van der Waals surface area contributed by atoms with Crippen LogP contribution in [0.2, 0.25) is 0 Å². The van der Waals surface area contributed by atoms with Gasteiger partial charge in [0.2, 0.25) is 0 Å². The Morgan fingerprint density at radius 2 is 1.85 bits per heavy atom. The molecule has 1 aliphatic carbocycles. The molecule has 1 saturated carbocycles. The molecule has 0 radical (unpaired) electrons. The SMILES string of the molecule is O=[N+]([O-])c1cc(Br)c(NSC2CCCC2)c([N+](=O)[O-])c1. The van der Waals surface area contributed by atoms with Crippen molar-refractivity contribution < 1.29 is 9.85 Å². The first kappa shape index (κ1) is 15.0. The van der Waals surface area contributed by atoms with E-state index in [-0.39, 0.29) is 17.1 Å². The summed E-state index contributed by atoms with van der Waals surface area (Å²) >= 11 is 4.60. The maximum Gasteiger partial charge on any atom is 0.301 e. The number of non-ortho nitro benzene ring substituents is 1. The molecule has 1 N–H and O–H groups in total. The first-order valence-electron chi connectivity index (χ1n) is 6.03. The zero-order chi connectivity index (χ0) is 14.7. The normalized spacial score (nSPS) is 15.2. The number of nitro benzene ring substituents is 2. The summed E-state index contributed by atoms with van der Waals surface area (Å²) in [5.41, 5.74) is -0.325. The van der Waals surface area contributed by atoms with Gasteiger partial charge in [0, 0.05) is 11.3 Å². The molecule has 0 bridgehead atoms. The van der Waals surface area contributed by atoms with E-state index in [1.807, 2.05) is 0 Å². The molecule has 0 unspecified atom stereocenters. The van der Waals surface area contributed by atoms with Gasteiger partial charge >= 0.3 is 5.69 Å². The zero-order valence-corrected chi connectivity index (χ0v) is 12.8. The quantitative estimate of drug-likeness (QED) is 0.477. The molecule has 0 aliphatic heterocycles. The monoisotopic (exact) mass is 361 g/mol. The molecule has 108 valence electrons. The van der Waals surface area contributed by atoms with E-state index in [0.29, 0.717) is 9.72 Å². The first-order chi connectivity index (χ1) is 9.49. The van der Waals surface area contributed by atoms with Crippen LogP contribution in [-0.4, -0.2) is 15.1 Å². The topological polar surface area (TPSA) is 98.3 Å². The van der Waals surface area contributed by atoms with Crippen LogP contribution in [0.5, 0.6) is 0 Å². The minimum Gasteiger partial charge on any atom is -0.323 e. The highest BCUT2D eigenvalue weighted by molar-refractivity contribution is 9.10. The Hall–Kier alpha value is -1.35. The second-order valence-corrected chi connectivity index (χ2v) is 6.42. The molecule has 2 rings (SSSR count). The molecule has 1 fully saturated rings. The minimum atomic E-state index is -0.647. The van der Waals surface area contributed by atoms with Crippen molar-refractivity contribution in [2.24, 2.45) is 0 Å². The predicted octanol–water partition coefficient (Wildman–Crippen LogP) is 4.27. The largest absolute Gasteiger partial charge is 0.323 e. The highest BCUT2D eigenvalue weighted by Gasteiger charge is 2.24. The van der Waals surface area contributed by atoms with Crippen LogP contribution in [0.15, 0.2) is 16.6 Å². The number of nitrogens with one attached hydrogen (secondary N) is 1. The van der Waals surface area contributed by atoms with E-state index in [0.717, 1.165) is 18.9 Å². The van der Waals surface area contributed by atoms with E-state index in [1.165, 1.54) is 30.9 Å². The van der Waals surface area contributed by atoms with E-state index in [1.54, 1.807) is 0 Å². The Labute approximate surface area is 127 Å². The van der Waals surface area contributed by atoms with Crippen molar-refractivity contribution in [3.05, 3.63) is 36.8 Å². The molecule has 0 atom stereocenters. The van der Waals surface area contributed by atoms with E-state index in [2.05, 4.69) is 20.7 Å². The van der Waals surface area contributed by atoms with Crippen LogP contribution in [0.4, 0.5) is 17.1 Å². The smallest absolute Gasteiger partial charge is 0.301 e. The molecule has 0 spiro atoms. The summed E-state index contributed by atoms with van der Waals surface area (Å²) in [5.74, 6) is 0. The Bertz CT molecular complexity index is 549. The van der Waals surface area contributed by atoms with Gasteiger partial charge in [-0.15, -0.1) is 0 Å². The fraction of sp³-hybridized carbons (Fsp3) is 0.455. The van der Waals surface area contributed by atoms with E-state index >= 15 is 0 Å². The predicted molar refractivity (Wildman–Crippen MR) is 80.9 cm³/mol. The molecule has 0 aromatic heterocycles.